The highest BCUT2D eigenvalue weighted by Gasteiger charge is 2.12. The van der Waals surface area contributed by atoms with Crippen molar-refractivity contribution in [2.24, 2.45) is 4.99 Å². The second kappa shape index (κ2) is 12.9. The van der Waals surface area contributed by atoms with E-state index >= 15 is 0 Å². The number of aliphatic imine (C=N–C) groups is 1. The molecule has 1 aromatic carbocycles. The SMILES string of the molecule is CN=C(NCCCN(C(C)C)C(C)C)NCCc1cccc2cccnc12.I. The molecule has 0 atom stereocenters. The second-order valence-electron chi connectivity index (χ2n) is 7.45. The normalized spacial score (nSPS) is 11.9. The van der Waals surface area contributed by atoms with E-state index in [1.807, 2.05) is 19.3 Å². The van der Waals surface area contributed by atoms with E-state index < -0.39 is 0 Å². The van der Waals surface area contributed by atoms with Crippen LogP contribution >= 0.6 is 24.0 Å². The highest BCUT2D eigenvalue weighted by atomic mass is 127. The molecule has 0 fully saturated rings. The van der Waals surface area contributed by atoms with Crippen molar-refractivity contribution in [3.05, 3.63) is 42.1 Å². The van der Waals surface area contributed by atoms with Gasteiger partial charge in [-0.15, -0.1) is 24.0 Å². The van der Waals surface area contributed by atoms with Gasteiger partial charge in [0.1, 0.15) is 0 Å². The number of aromatic nitrogens is 1. The summed E-state index contributed by atoms with van der Waals surface area (Å²) in [6.07, 6.45) is 3.88. The van der Waals surface area contributed by atoms with Crippen LogP contribution in [0.25, 0.3) is 10.9 Å². The number of hydrogen-bond donors (Lipinski definition) is 2. The summed E-state index contributed by atoms with van der Waals surface area (Å²) in [6.45, 7) is 11.9. The molecule has 0 spiro atoms. The van der Waals surface area contributed by atoms with Gasteiger partial charge < -0.3 is 10.6 Å². The van der Waals surface area contributed by atoms with Gasteiger partial charge in [0.2, 0.25) is 0 Å². The van der Waals surface area contributed by atoms with Crippen LogP contribution in [-0.2, 0) is 6.42 Å². The predicted molar refractivity (Wildman–Crippen MR) is 132 cm³/mol. The maximum atomic E-state index is 4.53. The molecule has 28 heavy (non-hydrogen) atoms. The Bertz CT molecular complexity index is 716. The van der Waals surface area contributed by atoms with Gasteiger partial charge in [-0.25, -0.2) is 0 Å². The summed E-state index contributed by atoms with van der Waals surface area (Å²) < 4.78 is 0. The van der Waals surface area contributed by atoms with Gasteiger partial charge in [0.05, 0.1) is 5.52 Å². The topological polar surface area (TPSA) is 52.6 Å². The first-order valence-electron chi connectivity index (χ1n) is 10.1. The molecule has 0 amide bonds. The van der Waals surface area contributed by atoms with Crippen LogP contribution in [0.5, 0.6) is 0 Å². The van der Waals surface area contributed by atoms with Crippen molar-refractivity contribution < 1.29 is 0 Å². The molecule has 0 aliphatic rings. The number of rotatable bonds is 9. The molecule has 0 aliphatic carbocycles. The van der Waals surface area contributed by atoms with E-state index in [9.17, 15) is 0 Å². The lowest BCUT2D eigenvalue weighted by Crippen LogP contribution is -2.41. The highest BCUT2D eigenvalue weighted by Crippen LogP contribution is 2.15. The number of benzene rings is 1. The fourth-order valence-electron chi connectivity index (χ4n) is 3.49. The number of para-hydroxylation sites is 1. The minimum absolute atomic E-state index is 0. The quantitative estimate of drug-likeness (QED) is 0.238. The maximum Gasteiger partial charge on any atom is 0.190 e. The summed E-state index contributed by atoms with van der Waals surface area (Å²) in [7, 11) is 1.82. The molecule has 2 aromatic rings. The van der Waals surface area contributed by atoms with Crippen molar-refractivity contribution in [2.75, 3.05) is 26.7 Å². The van der Waals surface area contributed by atoms with Crippen molar-refractivity contribution in [1.29, 1.82) is 0 Å². The molecule has 6 heteroatoms. The summed E-state index contributed by atoms with van der Waals surface area (Å²) >= 11 is 0. The van der Waals surface area contributed by atoms with Crippen LogP contribution in [0.3, 0.4) is 0 Å². The van der Waals surface area contributed by atoms with Gasteiger partial charge in [0.25, 0.3) is 0 Å². The molecule has 5 nitrogen and oxygen atoms in total. The van der Waals surface area contributed by atoms with E-state index in [4.69, 9.17) is 0 Å². The van der Waals surface area contributed by atoms with E-state index in [1.165, 1.54) is 10.9 Å². The molecular weight excluding hydrogens is 461 g/mol. The molecule has 1 aromatic heterocycles. The van der Waals surface area contributed by atoms with E-state index in [0.717, 1.165) is 44.0 Å². The van der Waals surface area contributed by atoms with Crippen molar-refractivity contribution >= 4 is 40.8 Å². The van der Waals surface area contributed by atoms with Crippen LogP contribution in [0.1, 0.15) is 39.7 Å². The zero-order chi connectivity index (χ0) is 19.6. The Morgan fingerprint density at radius 2 is 1.71 bits per heavy atom. The Hall–Kier alpha value is -1.41. The Morgan fingerprint density at radius 3 is 2.39 bits per heavy atom. The lowest BCUT2D eigenvalue weighted by atomic mass is 10.1. The Balaban J connectivity index is 0.00000392. The molecule has 2 rings (SSSR count). The summed E-state index contributed by atoms with van der Waals surface area (Å²) in [6, 6.07) is 11.6. The average molecular weight is 497 g/mol. The maximum absolute atomic E-state index is 4.53. The molecule has 1 heterocycles. The van der Waals surface area contributed by atoms with Crippen LogP contribution in [0.2, 0.25) is 0 Å². The number of nitrogens with one attached hydrogen (secondary N) is 2. The number of nitrogens with zero attached hydrogens (tertiary/aromatic N) is 3. The van der Waals surface area contributed by atoms with Crippen molar-refractivity contribution in [1.82, 2.24) is 20.5 Å². The number of hydrogen-bond acceptors (Lipinski definition) is 3. The molecule has 0 unspecified atom stereocenters. The predicted octanol–water partition coefficient (Wildman–Crippen LogP) is 4.07. The molecule has 0 aliphatic heterocycles. The lowest BCUT2D eigenvalue weighted by molar-refractivity contribution is 0.173. The van der Waals surface area contributed by atoms with E-state index in [0.29, 0.717) is 12.1 Å². The Kier molecular flexibility index (Phi) is 11.4. The van der Waals surface area contributed by atoms with Crippen LogP contribution in [0.15, 0.2) is 41.5 Å². The summed E-state index contributed by atoms with van der Waals surface area (Å²) in [5.41, 5.74) is 2.35. The van der Waals surface area contributed by atoms with Gasteiger partial charge in [-0.05, 0) is 52.2 Å². The minimum atomic E-state index is 0. The second-order valence-corrected chi connectivity index (χ2v) is 7.45. The molecule has 156 valence electrons. The van der Waals surface area contributed by atoms with Gasteiger partial charge in [-0.2, -0.15) is 0 Å². The van der Waals surface area contributed by atoms with Gasteiger partial charge in [-0.1, -0.05) is 24.3 Å². The van der Waals surface area contributed by atoms with Gasteiger partial charge in [0, 0.05) is 50.3 Å². The lowest BCUT2D eigenvalue weighted by Gasteiger charge is -2.30. The number of guanidine groups is 1. The fourth-order valence-corrected chi connectivity index (χ4v) is 3.49. The van der Waals surface area contributed by atoms with E-state index in [-0.39, 0.29) is 24.0 Å². The van der Waals surface area contributed by atoms with Crippen molar-refractivity contribution in [3.63, 3.8) is 0 Å². The molecule has 0 bridgehead atoms. The third-order valence-electron chi connectivity index (χ3n) is 4.84. The highest BCUT2D eigenvalue weighted by molar-refractivity contribution is 14.0. The monoisotopic (exact) mass is 497 g/mol. The Morgan fingerprint density at radius 1 is 1.04 bits per heavy atom. The van der Waals surface area contributed by atoms with Crippen molar-refractivity contribution in [3.8, 4) is 0 Å². The molecule has 0 saturated carbocycles. The number of halogens is 1. The largest absolute Gasteiger partial charge is 0.356 e. The summed E-state index contributed by atoms with van der Waals surface area (Å²) in [5, 5.41) is 8.03. The van der Waals surface area contributed by atoms with E-state index in [2.05, 4.69) is 77.5 Å². The van der Waals surface area contributed by atoms with Crippen LogP contribution in [-0.4, -0.2) is 54.6 Å². The van der Waals surface area contributed by atoms with Crippen LogP contribution < -0.4 is 10.6 Å². The molecule has 0 radical (unpaired) electrons. The Labute approximate surface area is 187 Å². The standard InChI is InChI=1S/C22H35N5.HI/c1-17(2)27(18(3)4)16-8-14-25-22(23-5)26-15-12-20-10-6-9-19-11-7-13-24-21(19)20;/h6-7,9-11,13,17-18H,8,12,14-16H2,1-5H3,(H2,23,25,26);1H. The van der Waals surface area contributed by atoms with Crippen molar-refractivity contribution in [2.45, 2.75) is 52.6 Å². The smallest absolute Gasteiger partial charge is 0.190 e. The van der Waals surface area contributed by atoms with Gasteiger partial charge in [0.15, 0.2) is 5.96 Å². The van der Waals surface area contributed by atoms with Crippen LogP contribution in [0, 0.1) is 0 Å². The zero-order valence-electron chi connectivity index (χ0n) is 17.9. The first-order chi connectivity index (χ1) is 13.0. The third kappa shape index (κ3) is 7.54. The third-order valence-corrected chi connectivity index (χ3v) is 4.84. The molecular formula is C22H36IN5. The van der Waals surface area contributed by atoms with Crippen LogP contribution in [0.4, 0.5) is 0 Å². The fraction of sp³-hybridized carbons (Fsp3) is 0.545. The minimum Gasteiger partial charge on any atom is -0.356 e. The number of fused-ring (bicyclic) bond motifs is 1. The average Bonchev–Trinajstić information content (AvgIpc) is 2.65. The van der Waals surface area contributed by atoms with Gasteiger partial charge in [-0.3, -0.25) is 14.9 Å². The number of pyridine rings is 1. The van der Waals surface area contributed by atoms with Gasteiger partial charge >= 0.3 is 0 Å². The first kappa shape index (κ1) is 24.6. The van der Waals surface area contributed by atoms with E-state index in [1.54, 1.807) is 0 Å². The molecule has 2 N–H and O–H groups in total. The summed E-state index contributed by atoms with van der Waals surface area (Å²) in [5.74, 6) is 0.865. The zero-order valence-corrected chi connectivity index (χ0v) is 20.2. The first-order valence-corrected chi connectivity index (χ1v) is 10.1. The molecule has 0 saturated heterocycles. The summed E-state index contributed by atoms with van der Waals surface area (Å²) in [4.78, 5) is 11.4.